The van der Waals surface area contributed by atoms with E-state index in [4.69, 9.17) is 4.74 Å². The highest BCUT2D eigenvalue weighted by Crippen LogP contribution is 2.67. The smallest absolute Gasteiger partial charge is 0.311 e. The standard InChI is InChI=1S/C32H35N5O5S/c1-3-16-35(20-36-24-13-9-8-12-23(24)33-34-36)30(40)28-32-15-14-25(43-32)26(31(41)42-17-4-2)27(32)29(39)37(28)22(19-38)18-21-10-6-5-7-11-21/h3-13,22,25-28,38H,1-2,14-20H2/t22-,25+,26-,27+,28?,32?/m1/s1. The first kappa shape index (κ1) is 29.1. The summed E-state index contributed by atoms with van der Waals surface area (Å²) in [6.07, 6.45) is 4.82. The number of carbonyl (C=O) groups is 3. The number of ether oxygens (including phenoxy) is 1. The number of aliphatic hydroxyl groups excluding tert-OH is 1. The molecular weight excluding hydrogens is 566 g/mol. The third-order valence-electron chi connectivity index (χ3n) is 8.89. The molecule has 2 bridgehead atoms. The van der Waals surface area contributed by atoms with Gasteiger partial charge in [-0.3, -0.25) is 14.4 Å². The molecule has 2 unspecified atom stereocenters. The van der Waals surface area contributed by atoms with Crippen molar-refractivity contribution in [2.45, 2.75) is 48.0 Å². The summed E-state index contributed by atoms with van der Waals surface area (Å²) in [6.45, 7) is 7.57. The van der Waals surface area contributed by atoms with Crippen molar-refractivity contribution in [2.75, 3.05) is 19.8 Å². The van der Waals surface area contributed by atoms with Gasteiger partial charge in [-0.05, 0) is 37.0 Å². The largest absolute Gasteiger partial charge is 0.461 e. The van der Waals surface area contributed by atoms with Crippen LogP contribution in [-0.4, -0.2) is 89.5 Å². The second-order valence-electron chi connectivity index (χ2n) is 11.3. The molecule has 0 aliphatic carbocycles. The van der Waals surface area contributed by atoms with Gasteiger partial charge < -0.3 is 19.6 Å². The Morgan fingerprint density at radius 1 is 1.16 bits per heavy atom. The van der Waals surface area contributed by atoms with Gasteiger partial charge in [0.05, 0.1) is 34.7 Å². The molecule has 1 aromatic heterocycles. The Morgan fingerprint density at radius 3 is 2.67 bits per heavy atom. The second kappa shape index (κ2) is 12.0. The van der Waals surface area contributed by atoms with Crippen LogP contribution in [0.15, 0.2) is 79.9 Å². The first-order chi connectivity index (χ1) is 20.9. The van der Waals surface area contributed by atoms with Crippen LogP contribution in [0.2, 0.25) is 0 Å². The van der Waals surface area contributed by atoms with Crippen LogP contribution in [-0.2, 0) is 32.2 Å². The SMILES string of the molecule is C=CCOC(=O)[C@@H]1[C@@H]2CCC3(S2)C(C(=O)N(CC=C)Cn2nnc4ccccc42)N([C@@H](CO)Cc2ccccc2)C(=O)[C@H]13. The molecule has 3 aliphatic rings. The fraction of sp³-hybridized carbons (Fsp3) is 0.406. The van der Waals surface area contributed by atoms with Crippen LogP contribution in [0.1, 0.15) is 18.4 Å². The molecule has 0 saturated carbocycles. The highest BCUT2D eigenvalue weighted by molar-refractivity contribution is 8.02. The van der Waals surface area contributed by atoms with Gasteiger partial charge in [0.25, 0.3) is 0 Å². The maximum absolute atomic E-state index is 14.8. The maximum Gasteiger partial charge on any atom is 0.311 e. The Morgan fingerprint density at radius 2 is 1.93 bits per heavy atom. The van der Waals surface area contributed by atoms with Crippen molar-refractivity contribution < 1.29 is 24.2 Å². The van der Waals surface area contributed by atoms with E-state index >= 15 is 0 Å². The minimum atomic E-state index is -0.896. The zero-order valence-electron chi connectivity index (χ0n) is 23.8. The molecular formula is C32H35N5O5S. The van der Waals surface area contributed by atoms with E-state index in [1.807, 2.05) is 54.6 Å². The Kier molecular flexibility index (Phi) is 8.11. The van der Waals surface area contributed by atoms with E-state index < -0.39 is 34.6 Å². The van der Waals surface area contributed by atoms with Gasteiger partial charge in [0.1, 0.15) is 24.8 Å². The van der Waals surface area contributed by atoms with Gasteiger partial charge in [0, 0.05) is 11.8 Å². The number of nitrogens with zero attached hydrogens (tertiary/aromatic N) is 5. The highest BCUT2D eigenvalue weighted by atomic mass is 32.2. The summed E-state index contributed by atoms with van der Waals surface area (Å²) in [5.41, 5.74) is 2.42. The van der Waals surface area contributed by atoms with Crippen LogP contribution in [0, 0.1) is 11.8 Å². The lowest BCUT2D eigenvalue weighted by Crippen LogP contribution is -2.58. The van der Waals surface area contributed by atoms with E-state index in [9.17, 15) is 19.5 Å². The molecule has 224 valence electrons. The summed E-state index contributed by atoms with van der Waals surface area (Å²) in [5.74, 6) is -2.39. The Bertz CT molecular complexity index is 1550. The predicted octanol–water partition coefficient (Wildman–Crippen LogP) is 2.83. The summed E-state index contributed by atoms with van der Waals surface area (Å²) in [6, 6.07) is 15.5. The molecule has 11 heteroatoms. The summed E-state index contributed by atoms with van der Waals surface area (Å²) < 4.78 is 6.31. The molecule has 3 aliphatic heterocycles. The summed E-state index contributed by atoms with van der Waals surface area (Å²) in [5, 5.41) is 19.1. The topological polar surface area (TPSA) is 118 Å². The van der Waals surface area contributed by atoms with Crippen molar-refractivity contribution in [1.29, 1.82) is 0 Å². The number of likely N-dealkylation sites (tertiary alicyclic amines) is 1. The average Bonchev–Trinajstić information content (AvgIpc) is 3.78. The lowest BCUT2D eigenvalue weighted by molar-refractivity contribution is -0.153. The minimum absolute atomic E-state index is 0.0545. The number of esters is 1. The van der Waals surface area contributed by atoms with Gasteiger partial charge in [0.2, 0.25) is 11.8 Å². The highest BCUT2D eigenvalue weighted by Gasteiger charge is 2.74. The summed E-state index contributed by atoms with van der Waals surface area (Å²) in [7, 11) is 0. The van der Waals surface area contributed by atoms with Crippen molar-refractivity contribution >= 4 is 40.6 Å². The number of hydrogen-bond acceptors (Lipinski definition) is 8. The monoisotopic (exact) mass is 601 g/mol. The van der Waals surface area contributed by atoms with Crippen LogP contribution < -0.4 is 0 Å². The molecule has 1 N–H and O–H groups in total. The molecule has 6 atom stereocenters. The fourth-order valence-corrected chi connectivity index (χ4v) is 9.32. The molecule has 3 saturated heterocycles. The molecule has 43 heavy (non-hydrogen) atoms. The first-order valence-corrected chi connectivity index (χ1v) is 15.4. The second-order valence-corrected chi connectivity index (χ2v) is 12.9. The number of aromatic nitrogens is 3. The quantitative estimate of drug-likeness (QED) is 0.249. The maximum atomic E-state index is 14.8. The van der Waals surface area contributed by atoms with Gasteiger partial charge in [-0.1, -0.05) is 66.4 Å². The number of para-hydroxylation sites is 1. The first-order valence-electron chi connectivity index (χ1n) is 14.5. The van der Waals surface area contributed by atoms with Crippen LogP contribution >= 0.6 is 11.8 Å². The number of hydrogen-bond donors (Lipinski definition) is 1. The molecule has 3 aromatic rings. The number of rotatable bonds is 12. The molecule has 6 rings (SSSR count). The minimum Gasteiger partial charge on any atom is -0.461 e. The molecule has 4 heterocycles. The molecule has 0 radical (unpaired) electrons. The van der Waals surface area contributed by atoms with Crippen molar-refractivity contribution in [3.05, 3.63) is 85.5 Å². The zero-order valence-corrected chi connectivity index (χ0v) is 24.6. The van der Waals surface area contributed by atoms with Crippen LogP contribution in [0.4, 0.5) is 0 Å². The molecule has 2 amide bonds. The lowest BCUT2D eigenvalue weighted by Gasteiger charge is -2.39. The van der Waals surface area contributed by atoms with Gasteiger partial charge in [0.15, 0.2) is 0 Å². The van der Waals surface area contributed by atoms with Crippen molar-refractivity contribution in [2.24, 2.45) is 11.8 Å². The predicted molar refractivity (Wildman–Crippen MR) is 163 cm³/mol. The number of carbonyl (C=O) groups excluding carboxylic acids is 3. The van der Waals surface area contributed by atoms with E-state index in [1.165, 1.54) is 6.08 Å². The Hall–Kier alpha value is -3.96. The van der Waals surface area contributed by atoms with E-state index in [0.29, 0.717) is 24.8 Å². The third kappa shape index (κ3) is 4.94. The number of fused-ring (bicyclic) bond motifs is 2. The lowest BCUT2D eigenvalue weighted by atomic mass is 9.71. The fourth-order valence-electron chi connectivity index (χ4n) is 7.14. The van der Waals surface area contributed by atoms with Crippen LogP contribution in [0.3, 0.4) is 0 Å². The normalized spacial score (nSPS) is 26.3. The van der Waals surface area contributed by atoms with E-state index in [1.54, 1.807) is 32.3 Å². The molecule has 1 spiro atoms. The average molecular weight is 602 g/mol. The van der Waals surface area contributed by atoms with E-state index in [2.05, 4.69) is 23.5 Å². The van der Waals surface area contributed by atoms with Gasteiger partial charge in [-0.2, -0.15) is 0 Å². The molecule has 3 fully saturated rings. The summed E-state index contributed by atoms with van der Waals surface area (Å²) in [4.78, 5) is 45.8. The Balaban J connectivity index is 1.40. The van der Waals surface area contributed by atoms with Crippen molar-refractivity contribution in [3.8, 4) is 0 Å². The van der Waals surface area contributed by atoms with Gasteiger partial charge in [-0.15, -0.1) is 23.4 Å². The number of thioether (sulfide) groups is 1. The summed E-state index contributed by atoms with van der Waals surface area (Å²) >= 11 is 1.56. The third-order valence-corrected chi connectivity index (χ3v) is 10.8. The van der Waals surface area contributed by atoms with Crippen molar-refractivity contribution in [3.63, 3.8) is 0 Å². The molecule has 2 aromatic carbocycles. The van der Waals surface area contributed by atoms with Crippen LogP contribution in [0.5, 0.6) is 0 Å². The Labute approximate surface area is 254 Å². The van der Waals surface area contributed by atoms with Crippen molar-refractivity contribution in [1.82, 2.24) is 24.8 Å². The van der Waals surface area contributed by atoms with Gasteiger partial charge >= 0.3 is 5.97 Å². The van der Waals surface area contributed by atoms with Crippen LogP contribution in [0.25, 0.3) is 11.0 Å². The van der Waals surface area contributed by atoms with E-state index in [-0.39, 0.29) is 43.5 Å². The molecule has 10 nitrogen and oxygen atoms in total. The number of benzene rings is 2. The number of amides is 2. The van der Waals surface area contributed by atoms with Gasteiger partial charge in [-0.25, -0.2) is 4.68 Å². The zero-order chi connectivity index (χ0) is 30.1. The number of aliphatic hydroxyl groups is 1. The van der Waals surface area contributed by atoms with E-state index in [0.717, 1.165) is 11.1 Å².